The number of hydrogen-bond acceptors (Lipinski definition) is 5. The molecule has 10 heteroatoms. The molecule has 0 unspecified atom stereocenters. The van der Waals surface area contributed by atoms with E-state index in [-0.39, 0.29) is 12.5 Å². The normalized spacial score (nSPS) is 12.1. The summed E-state index contributed by atoms with van der Waals surface area (Å²) in [5.74, 6) is 0.671. The molecule has 3 rings (SSSR count). The summed E-state index contributed by atoms with van der Waals surface area (Å²) in [6.07, 6.45) is 1.78. The fourth-order valence-electron chi connectivity index (χ4n) is 3.11. The Morgan fingerprint density at radius 2 is 1.74 bits per heavy atom. The fraction of sp³-hybridized carbons (Fsp3) is 0.240. The van der Waals surface area contributed by atoms with E-state index in [4.69, 9.17) is 44.0 Å². The van der Waals surface area contributed by atoms with Gasteiger partial charge in [-0.25, -0.2) is 5.43 Å². The SMILES string of the molecule is CC(C)C[C@H](NC(=O)COc1ccc(Cl)cc1)C(=O)N/N=C\c1ccc(-c2cc(Cl)ccc2Cl)o1. The van der Waals surface area contributed by atoms with E-state index in [2.05, 4.69) is 15.8 Å². The summed E-state index contributed by atoms with van der Waals surface area (Å²) in [6, 6.07) is 14.3. The first kappa shape index (κ1) is 26.6. The van der Waals surface area contributed by atoms with Gasteiger partial charge >= 0.3 is 0 Å². The highest BCUT2D eigenvalue weighted by molar-refractivity contribution is 6.35. The highest BCUT2D eigenvalue weighted by Gasteiger charge is 2.22. The molecule has 0 fully saturated rings. The molecule has 0 aliphatic carbocycles. The van der Waals surface area contributed by atoms with Crippen LogP contribution in [0.15, 0.2) is 64.1 Å². The Morgan fingerprint density at radius 1 is 1.03 bits per heavy atom. The van der Waals surface area contributed by atoms with E-state index in [0.29, 0.717) is 44.3 Å². The van der Waals surface area contributed by atoms with E-state index in [1.54, 1.807) is 54.6 Å². The largest absolute Gasteiger partial charge is 0.484 e. The predicted octanol–water partition coefficient (Wildman–Crippen LogP) is 5.97. The number of nitrogens with zero attached hydrogens (tertiary/aromatic N) is 1. The second-order valence-corrected chi connectivity index (χ2v) is 9.33. The van der Waals surface area contributed by atoms with Crippen LogP contribution in [0.2, 0.25) is 15.1 Å². The van der Waals surface area contributed by atoms with Crippen molar-refractivity contribution < 1.29 is 18.7 Å². The molecule has 0 saturated heterocycles. The molecule has 0 radical (unpaired) electrons. The highest BCUT2D eigenvalue weighted by atomic mass is 35.5. The molecule has 184 valence electrons. The second kappa shape index (κ2) is 12.6. The van der Waals surface area contributed by atoms with Crippen molar-refractivity contribution in [3.05, 3.63) is 75.4 Å². The van der Waals surface area contributed by atoms with Crippen molar-refractivity contribution in [3.8, 4) is 17.1 Å². The maximum absolute atomic E-state index is 12.7. The molecular weight excluding hydrogens is 513 g/mol. The van der Waals surface area contributed by atoms with Gasteiger partial charge in [0.2, 0.25) is 0 Å². The van der Waals surface area contributed by atoms with Gasteiger partial charge in [-0.15, -0.1) is 0 Å². The van der Waals surface area contributed by atoms with Crippen molar-refractivity contribution in [2.24, 2.45) is 11.0 Å². The van der Waals surface area contributed by atoms with E-state index in [1.165, 1.54) is 6.21 Å². The third-order valence-corrected chi connectivity index (χ3v) is 5.55. The number of nitrogens with one attached hydrogen (secondary N) is 2. The van der Waals surface area contributed by atoms with Crippen LogP contribution in [0, 0.1) is 5.92 Å². The lowest BCUT2D eigenvalue weighted by atomic mass is 10.0. The van der Waals surface area contributed by atoms with Crippen LogP contribution in [0.1, 0.15) is 26.0 Å². The minimum Gasteiger partial charge on any atom is -0.484 e. The molecule has 2 aromatic carbocycles. The highest BCUT2D eigenvalue weighted by Crippen LogP contribution is 2.31. The van der Waals surface area contributed by atoms with Gasteiger partial charge in [0, 0.05) is 15.6 Å². The predicted molar refractivity (Wildman–Crippen MR) is 138 cm³/mol. The van der Waals surface area contributed by atoms with E-state index in [0.717, 1.165) is 0 Å². The van der Waals surface area contributed by atoms with E-state index in [9.17, 15) is 9.59 Å². The Kier molecular flexibility index (Phi) is 9.60. The Hall–Kier alpha value is -3.00. The number of carbonyl (C=O) groups is 2. The van der Waals surface area contributed by atoms with Crippen molar-refractivity contribution in [1.29, 1.82) is 0 Å². The summed E-state index contributed by atoms with van der Waals surface area (Å²) in [4.78, 5) is 25.0. The van der Waals surface area contributed by atoms with Crippen LogP contribution in [0.25, 0.3) is 11.3 Å². The Labute approximate surface area is 218 Å². The molecule has 7 nitrogen and oxygen atoms in total. The smallest absolute Gasteiger partial charge is 0.262 e. The number of hydrazone groups is 1. The van der Waals surface area contributed by atoms with Crippen LogP contribution in [0.3, 0.4) is 0 Å². The minimum atomic E-state index is -0.786. The number of ether oxygens (including phenoxy) is 1. The van der Waals surface area contributed by atoms with E-state index in [1.807, 2.05) is 13.8 Å². The van der Waals surface area contributed by atoms with Gasteiger partial charge in [-0.1, -0.05) is 48.7 Å². The molecule has 1 aromatic heterocycles. The van der Waals surface area contributed by atoms with Gasteiger partial charge in [-0.2, -0.15) is 5.10 Å². The molecule has 0 bridgehead atoms. The maximum Gasteiger partial charge on any atom is 0.262 e. The molecular formula is C25H24Cl3N3O4. The van der Waals surface area contributed by atoms with Crippen molar-refractivity contribution in [3.63, 3.8) is 0 Å². The average Bonchev–Trinajstić information content (AvgIpc) is 3.28. The molecule has 0 aliphatic heterocycles. The van der Waals surface area contributed by atoms with Crippen molar-refractivity contribution in [2.75, 3.05) is 6.61 Å². The maximum atomic E-state index is 12.7. The van der Waals surface area contributed by atoms with Crippen molar-refractivity contribution >= 4 is 52.8 Å². The molecule has 1 atom stereocenters. The van der Waals surface area contributed by atoms with Crippen LogP contribution in [-0.4, -0.2) is 30.7 Å². The minimum absolute atomic E-state index is 0.155. The number of amides is 2. The van der Waals surface area contributed by atoms with Crippen molar-refractivity contribution in [2.45, 2.75) is 26.3 Å². The van der Waals surface area contributed by atoms with Gasteiger partial charge in [0.1, 0.15) is 23.3 Å². The van der Waals surface area contributed by atoms with Gasteiger partial charge in [-0.05, 0) is 66.9 Å². The summed E-state index contributed by atoms with van der Waals surface area (Å²) >= 11 is 18.1. The zero-order chi connectivity index (χ0) is 25.4. The number of carbonyl (C=O) groups excluding carboxylic acids is 2. The molecule has 2 N–H and O–H groups in total. The summed E-state index contributed by atoms with van der Waals surface area (Å²) in [5, 5.41) is 8.23. The van der Waals surface area contributed by atoms with Gasteiger partial charge in [-0.3, -0.25) is 9.59 Å². The first-order valence-corrected chi connectivity index (χ1v) is 11.9. The van der Waals surface area contributed by atoms with Crippen LogP contribution in [-0.2, 0) is 9.59 Å². The monoisotopic (exact) mass is 535 g/mol. The number of halogens is 3. The number of hydrogen-bond donors (Lipinski definition) is 2. The lowest BCUT2D eigenvalue weighted by Gasteiger charge is -2.19. The molecule has 0 spiro atoms. The number of benzene rings is 2. The van der Waals surface area contributed by atoms with Gasteiger partial charge < -0.3 is 14.5 Å². The summed E-state index contributed by atoms with van der Waals surface area (Å²) in [6.45, 7) is 3.66. The zero-order valence-electron chi connectivity index (χ0n) is 19.1. The molecule has 0 saturated carbocycles. The van der Waals surface area contributed by atoms with Gasteiger partial charge in [0.25, 0.3) is 11.8 Å². The third kappa shape index (κ3) is 8.31. The molecule has 2 amide bonds. The first-order chi connectivity index (χ1) is 16.7. The second-order valence-electron chi connectivity index (χ2n) is 8.05. The first-order valence-electron chi connectivity index (χ1n) is 10.8. The average molecular weight is 537 g/mol. The van der Waals surface area contributed by atoms with E-state index < -0.39 is 17.9 Å². The summed E-state index contributed by atoms with van der Waals surface area (Å²) in [5.41, 5.74) is 3.09. The van der Waals surface area contributed by atoms with Gasteiger partial charge in [0.15, 0.2) is 6.61 Å². The molecule has 0 aliphatic rings. The van der Waals surface area contributed by atoms with E-state index >= 15 is 0 Å². The Balaban J connectivity index is 1.57. The Bertz CT molecular complexity index is 1190. The quantitative estimate of drug-likeness (QED) is 0.247. The van der Waals surface area contributed by atoms with Gasteiger partial charge in [0.05, 0.1) is 11.2 Å². The standard InChI is InChI=1S/C25H24Cl3N3O4/c1-15(2)11-22(30-24(32)14-34-18-6-3-16(26)4-7-18)25(33)31-29-13-19-8-10-23(35-19)20-12-17(27)5-9-21(20)28/h3-10,12-13,15,22H,11,14H2,1-2H3,(H,30,32)(H,31,33)/b29-13-/t22-/m0/s1. The fourth-order valence-corrected chi connectivity index (χ4v) is 3.62. The topological polar surface area (TPSA) is 92.9 Å². The van der Waals surface area contributed by atoms with Crippen LogP contribution in [0.5, 0.6) is 5.75 Å². The van der Waals surface area contributed by atoms with Crippen LogP contribution in [0.4, 0.5) is 0 Å². The Morgan fingerprint density at radius 3 is 2.46 bits per heavy atom. The van der Waals surface area contributed by atoms with Crippen LogP contribution < -0.4 is 15.5 Å². The summed E-state index contributed by atoms with van der Waals surface area (Å²) < 4.78 is 11.2. The zero-order valence-corrected chi connectivity index (χ0v) is 21.3. The molecule has 1 heterocycles. The lowest BCUT2D eigenvalue weighted by Crippen LogP contribution is -2.47. The number of rotatable bonds is 10. The third-order valence-electron chi connectivity index (χ3n) is 4.73. The summed E-state index contributed by atoms with van der Waals surface area (Å²) in [7, 11) is 0. The molecule has 35 heavy (non-hydrogen) atoms. The molecule has 3 aromatic rings. The van der Waals surface area contributed by atoms with Crippen molar-refractivity contribution in [1.82, 2.24) is 10.7 Å². The lowest BCUT2D eigenvalue weighted by molar-refractivity contribution is -0.130. The van der Waals surface area contributed by atoms with Crippen LogP contribution >= 0.6 is 34.8 Å². The number of furan rings is 1.